The number of hydrogen-bond acceptors (Lipinski definition) is 6. The summed E-state index contributed by atoms with van der Waals surface area (Å²) in [5.74, 6) is -2.54. The Labute approximate surface area is 143 Å². The SMILES string of the molecule is CCOC(=O)c1cc(Cl)cc(N=CC(C#N)C(=O)OCC)c1Cl. The second kappa shape index (κ2) is 9.13. The predicted octanol–water partition coefficient (Wildman–Crippen LogP) is 3.58. The quantitative estimate of drug-likeness (QED) is 0.574. The van der Waals surface area contributed by atoms with Crippen molar-refractivity contribution in [2.24, 2.45) is 10.9 Å². The molecule has 0 aromatic heterocycles. The van der Waals surface area contributed by atoms with E-state index in [1.54, 1.807) is 19.9 Å². The fourth-order valence-electron chi connectivity index (χ4n) is 1.56. The Bertz CT molecular complexity index is 668. The van der Waals surface area contributed by atoms with Gasteiger partial charge in [-0.2, -0.15) is 5.26 Å². The summed E-state index contributed by atoms with van der Waals surface area (Å²) in [6, 6.07) is 4.52. The predicted molar refractivity (Wildman–Crippen MR) is 86.3 cm³/mol. The van der Waals surface area contributed by atoms with Crippen LogP contribution in [0.25, 0.3) is 0 Å². The number of benzene rings is 1. The minimum Gasteiger partial charge on any atom is -0.465 e. The summed E-state index contributed by atoms with van der Waals surface area (Å²) >= 11 is 12.0. The van der Waals surface area contributed by atoms with Gasteiger partial charge in [-0.3, -0.25) is 9.79 Å². The molecule has 122 valence electrons. The molecule has 0 heterocycles. The van der Waals surface area contributed by atoms with Crippen LogP contribution >= 0.6 is 23.2 Å². The molecule has 0 saturated carbocycles. The fourth-order valence-corrected chi connectivity index (χ4v) is 2.01. The fraction of sp³-hybridized carbons (Fsp3) is 0.333. The van der Waals surface area contributed by atoms with Gasteiger partial charge in [0.2, 0.25) is 0 Å². The molecule has 0 bridgehead atoms. The van der Waals surface area contributed by atoms with E-state index in [1.165, 1.54) is 12.1 Å². The van der Waals surface area contributed by atoms with Crippen LogP contribution in [0.2, 0.25) is 10.0 Å². The van der Waals surface area contributed by atoms with Gasteiger partial charge in [-0.1, -0.05) is 23.2 Å². The van der Waals surface area contributed by atoms with Gasteiger partial charge in [0.15, 0.2) is 5.92 Å². The van der Waals surface area contributed by atoms with Gasteiger partial charge in [0, 0.05) is 11.2 Å². The van der Waals surface area contributed by atoms with Crippen LogP contribution in [0.3, 0.4) is 0 Å². The zero-order valence-electron chi connectivity index (χ0n) is 12.5. The van der Waals surface area contributed by atoms with Crippen molar-refractivity contribution in [1.29, 1.82) is 5.26 Å². The van der Waals surface area contributed by atoms with E-state index in [9.17, 15) is 9.59 Å². The van der Waals surface area contributed by atoms with Gasteiger partial charge in [-0.25, -0.2) is 4.79 Å². The molecule has 23 heavy (non-hydrogen) atoms. The smallest absolute Gasteiger partial charge is 0.339 e. The molecule has 0 fully saturated rings. The summed E-state index contributed by atoms with van der Waals surface area (Å²) in [6.07, 6.45) is 1.09. The van der Waals surface area contributed by atoms with E-state index < -0.39 is 17.9 Å². The number of ether oxygens (including phenoxy) is 2. The Morgan fingerprint density at radius 1 is 1.30 bits per heavy atom. The molecule has 0 aliphatic heterocycles. The first-order valence-electron chi connectivity index (χ1n) is 6.71. The third-order valence-corrected chi connectivity index (χ3v) is 3.17. The maximum Gasteiger partial charge on any atom is 0.339 e. The number of nitriles is 1. The lowest BCUT2D eigenvalue weighted by atomic mass is 10.2. The second-order valence-corrected chi connectivity index (χ2v) is 4.96. The largest absolute Gasteiger partial charge is 0.465 e. The van der Waals surface area contributed by atoms with Crippen molar-refractivity contribution < 1.29 is 19.1 Å². The van der Waals surface area contributed by atoms with Crippen LogP contribution in [0, 0.1) is 17.2 Å². The molecule has 1 aromatic rings. The average molecular weight is 357 g/mol. The lowest BCUT2D eigenvalue weighted by molar-refractivity contribution is -0.143. The Hall–Kier alpha value is -2.10. The zero-order valence-corrected chi connectivity index (χ0v) is 14.0. The monoisotopic (exact) mass is 356 g/mol. The molecular formula is C15H14Cl2N2O4. The molecule has 0 saturated heterocycles. The first-order chi connectivity index (χ1) is 10.9. The highest BCUT2D eigenvalue weighted by atomic mass is 35.5. The number of halogens is 2. The topological polar surface area (TPSA) is 88.8 Å². The summed E-state index contributed by atoms with van der Waals surface area (Å²) < 4.78 is 9.62. The molecular weight excluding hydrogens is 343 g/mol. The summed E-state index contributed by atoms with van der Waals surface area (Å²) in [4.78, 5) is 27.3. The Kier molecular flexibility index (Phi) is 7.52. The summed E-state index contributed by atoms with van der Waals surface area (Å²) in [5, 5.41) is 9.20. The van der Waals surface area contributed by atoms with E-state index in [0.717, 1.165) is 6.21 Å². The molecule has 0 amide bonds. The second-order valence-electron chi connectivity index (χ2n) is 4.14. The first kappa shape index (κ1) is 18.9. The van der Waals surface area contributed by atoms with Crippen molar-refractivity contribution in [1.82, 2.24) is 0 Å². The van der Waals surface area contributed by atoms with Gasteiger partial charge in [-0.15, -0.1) is 0 Å². The van der Waals surface area contributed by atoms with E-state index in [2.05, 4.69) is 4.99 Å². The molecule has 6 nitrogen and oxygen atoms in total. The van der Waals surface area contributed by atoms with Crippen molar-refractivity contribution in [3.05, 3.63) is 27.7 Å². The molecule has 1 unspecified atom stereocenters. The molecule has 0 spiro atoms. The lowest BCUT2D eigenvalue weighted by Gasteiger charge is -2.08. The van der Waals surface area contributed by atoms with Crippen LogP contribution in [0.4, 0.5) is 5.69 Å². The van der Waals surface area contributed by atoms with Crippen LogP contribution < -0.4 is 0 Å². The van der Waals surface area contributed by atoms with Crippen LogP contribution in [0.1, 0.15) is 24.2 Å². The van der Waals surface area contributed by atoms with Gasteiger partial charge >= 0.3 is 11.9 Å². The number of rotatable bonds is 6. The Morgan fingerprint density at radius 2 is 1.96 bits per heavy atom. The molecule has 0 radical (unpaired) electrons. The minimum atomic E-state index is -1.18. The zero-order chi connectivity index (χ0) is 17.4. The van der Waals surface area contributed by atoms with Crippen LogP contribution in [-0.4, -0.2) is 31.4 Å². The van der Waals surface area contributed by atoms with E-state index in [-0.39, 0.29) is 34.5 Å². The lowest BCUT2D eigenvalue weighted by Crippen LogP contribution is -2.17. The van der Waals surface area contributed by atoms with Crippen LogP contribution in [-0.2, 0) is 14.3 Å². The number of esters is 2. The highest BCUT2D eigenvalue weighted by Crippen LogP contribution is 2.32. The normalized spacial score (nSPS) is 11.8. The van der Waals surface area contributed by atoms with Crippen molar-refractivity contribution >= 4 is 47.0 Å². The molecule has 0 aliphatic carbocycles. The summed E-state index contributed by atoms with van der Waals surface area (Å²) in [5.41, 5.74) is 0.199. The molecule has 0 N–H and O–H groups in total. The van der Waals surface area contributed by atoms with E-state index in [4.69, 9.17) is 37.9 Å². The summed E-state index contributed by atoms with van der Waals surface area (Å²) in [7, 11) is 0. The summed E-state index contributed by atoms with van der Waals surface area (Å²) in [6.45, 7) is 3.62. The number of carbonyl (C=O) groups is 2. The van der Waals surface area contributed by atoms with Crippen LogP contribution in [0.15, 0.2) is 17.1 Å². The van der Waals surface area contributed by atoms with E-state index >= 15 is 0 Å². The average Bonchev–Trinajstić information content (AvgIpc) is 2.51. The Balaban J connectivity index is 3.13. The maximum absolute atomic E-state index is 11.8. The van der Waals surface area contributed by atoms with Gasteiger partial charge in [0.05, 0.1) is 35.6 Å². The van der Waals surface area contributed by atoms with E-state index in [0.29, 0.717) is 0 Å². The van der Waals surface area contributed by atoms with Gasteiger partial charge < -0.3 is 9.47 Å². The third-order valence-electron chi connectivity index (χ3n) is 2.56. The number of nitrogens with zero attached hydrogens (tertiary/aromatic N) is 2. The maximum atomic E-state index is 11.8. The number of hydrogen-bond donors (Lipinski definition) is 0. The van der Waals surface area contributed by atoms with Gasteiger partial charge in [0.25, 0.3) is 0 Å². The molecule has 1 rings (SSSR count). The van der Waals surface area contributed by atoms with Gasteiger partial charge in [0.1, 0.15) is 0 Å². The van der Waals surface area contributed by atoms with Crippen molar-refractivity contribution in [3.8, 4) is 6.07 Å². The molecule has 1 aromatic carbocycles. The van der Waals surface area contributed by atoms with Crippen LogP contribution in [0.5, 0.6) is 0 Å². The standard InChI is InChI=1S/C15H14Cl2N2O4/c1-3-22-14(20)9(7-18)8-19-12-6-10(16)5-11(13(12)17)15(21)23-4-2/h5-6,8-9H,3-4H2,1-2H3. The molecule has 8 heteroatoms. The third kappa shape index (κ3) is 5.23. The Morgan fingerprint density at radius 3 is 2.52 bits per heavy atom. The molecule has 0 aliphatic rings. The van der Waals surface area contributed by atoms with Crippen molar-refractivity contribution in [2.45, 2.75) is 13.8 Å². The van der Waals surface area contributed by atoms with Crippen molar-refractivity contribution in [3.63, 3.8) is 0 Å². The molecule has 1 atom stereocenters. The highest BCUT2D eigenvalue weighted by Gasteiger charge is 2.19. The van der Waals surface area contributed by atoms with Gasteiger partial charge in [-0.05, 0) is 26.0 Å². The van der Waals surface area contributed by atoms with Crippen molar-refractivity contribution in [2.75, 3.05) is 13.2 Å². The first-order valence-corrected chi connectivity index (χ1v) is 7.46. The highest BCUT2D eigenvalue weighted by molar-refractivity contribution is 6.38. The number of aliphatic imine (C=N–C) groups is 1. The minimum absolute atomic E-state index is 0.0182. The van der Waals surface area contributed by atoms with E-state index in [1.807, 2.05) is 0 Å². The number of carbonyl (C=O) groups excluding carboxylic acids is 2.